The van der Waals surface area contributed by atoms with E-state index in [4.69, 9.17) is 5.73 Å². The van der Waals surface area contributed by atoms with Crippen LogP contribution in [0.25, 0.3) is 0 Å². The molecular formula is C7H13NO4. The lowest BCUT2D eigenvalue weighted by Gasteiger charge is -2.07. The molecule has 0 spiro atoms. The molecule has 0 aromatic heterocycles. The summed E-state index contributed by atoms with van der Waals surface area (Å²) in [6, 6.07) is 0. The van der Waals surface area contributed by atoms with E-state index in [0.29, 0.717) is 0 Å². The first-order valence-corrected chi connectivity index (χ1v) is 3.55. The molecule has 0 rings (SSSR count). The maximum atomic E-state index is 10.9. The number of esters is 2. The smallest absolute Gasteiger partial charge is 0.310 e. The summed E-state index contributed by atoms with van der Waals surface area (Å²) in [4.78, 5) is 21.6. The fourth-order valence-corrected chi connectivity index (χ4v) is 0.641. The molecule has 0 aliphatic heterocycles. The first-order valence-electron chi connectivity index (χ1n) is 3.55. The summed E-state index contributed by atoms with van der Waals surface area (Å²) >= 11 is 0. The minimum Gasteiger partial charge on any atom is -0.469 e. The van der Waals surface area contributed by atoms with Gasteiger partial charge in [0.1, 0.15) is 6.73 Å². The Hall–Kier alpha value is -1.10. The highest BCUT2D eigenvalue weighted by molar-refractivity contribution is 5.79. The summed E-state index contributed by atoms with van der Waals surface area (Å²) in [6.45, 7) is 1.42. The van der Waals surface area contributed by atoms with Gasteiger partial charge in [-0.3, -0.25) is 15.3 Å². The van der Waals surface area contributed by atoms with Crippen LogP contribution >= 0.6 is 0 Å². The van der Waals surface area contributed by atoms with Gasteiger partial charge in [-0.25, -0.2) is 0 Å². The van der Waals surface area contributed by atoms with Crippen LogP contribution in [0.2, 0.25) is 0 Å². The van der Waals surface area contributed by atoms with E-state index in [9.17, 15) is 9.59 Å². The molecule has 0 saturated heterocycles. The van der Waals surface area contributed by atoms with Crippen LogP contribution in [-0.2, 0) is 19.1 Å². The van der Waals surface area contributed by atoms with Gasteiger partial charge in [-0.15, -0.1) is 0 Å². The molecule has 0 aliphatic carbocycles. The number of ether oxygens (including phenoxy) is 2. The topological polar surface area (TPSA) is 78.6 Å². The Morgan fingerprint density at radius 2 is 2.08 bits per heavy atom. The zero-order valence-corrected chi connectivity index (χ0v) is 7.20. The van der Waals surface area contributed by atoms with Crippen LogP contribution in [0.3, 0.4) is 0 Å². The molecule has 0 aliphatic rings. The Labute approximate surface area is 70.8 Å². The molecule has 5 heteroatoms. The van der Waals surface area contributed by atoms with E-state index in [-0.39, 0.29) is 13.2 Å². The number of rotatable bonds is 4. The van der Waals surface area contributed by atoms with Crippen LogP contribution in [0.4, 0.5) is 0 Å². The molecule has 0 heterocycles. The van der Waals surface area contributed by atoms with E-state index < -0.39 is 17.9 Å². The predicted molar refractivity (Wildman–Crippen MR) is 40.9 cm³/mol. The van der Waals surface area contributed by atoms with Crippen molar-refractivity contribution in [2.24, 2.45) is 11.7 Å². The zero-order chi connectivity index (χ0) is 9.56. The summed E-state index contributed by atoms with van der Waals surface area (Å²) in [5.41, 5.74) is 4.97. The first kappa shape index (κ1) is 10.9. The zero-order valence-electron chi connectivity index (χ0n) is 7.20. The maximum absolute atomic E-state index is 10.9. The van der Waals surface area contributed by atoms with Crippen LogP contribution in [0.5, 0.6) is 0 Å². The largest absolute Gasteiger partial charge is 0.469 e. The number of carbonyl (C=O) groups is 2. The van der Waals surface area contributed by atoms with Crippen molar-refractivity contribution in [2.45, 2.75) is 13.3 Å². The van der Waals surface area contributed by atoms with E-state index >= 15 is 0 Å². The maximum Gasteiger partial charge on any atom is 0.310 e. The van der Waals surface area contributed by atoms with Crippen molar-refractivity contribution in [3.63, 3.8) is 0 Å². The number of hydrogen-bond acceptors (Lipinski definition) is 5. The van der Waals surface area contributed by atoms with Crippen molar-refractivity contribution < 1.29 is 19.1 Å². The van der Waals surface area contributed by atoms with E-state index in [2.05, 4.69) is 9.47 Å². The molecule has 0 amide bonds. The van der Waals surface area contributed by atoms with E-state index in [0.717, 1.165) is 0 Å². The second kappa shape index (κ2) is 5.54. The van der Waals surface area contributed by atoms with Gasteiger partial charge in [0.15, 0.2) is 0 Å². The lowest BCUT2D eigenvalue weighted by molar-refractivity contribution is -0.153. The second-order valence-electron chi connectivity index (χ2n) is 2.31. The molecule has 0 aromatic carbocycles. The minimum absolute atomic E-state index is 0.0231. The molecule has 0 fully saturated rings. The summed E-state index contributed by atoms with van der Waals surface area (Å²) in [6.07, 6.45) is 0.0231. The van der Waals surface area contributed by atoms with Crippen molar-refractivity contribution in [1.29, 1.82) is 0 Å². The van der Waals surface area contributed by atoms with Crippen LogP contribution in [0, 0.1) is 5.92 Å². The summed E-state index contributed by atoms with van der Waals surface area (Å²) in [7, 11) is 1.27. The third-order valence-electron chi connectivity index (χ3n) is 1.33. The Morgan fingerprint density at radius 3 is 2.50 bits per heavy atom. The van der Waals surface area contributed by atoms with Crippen molar-refractivity contribution in [3.05, 3.63) is 0 Å². The Kier molecular flexibility index (Phi) is 5.03. The molecule has 2 N–H and O–H groups in total. The van der Waals surface area contributed by atoms with Gasteiger partial charge >= 0.3 is 11.9 Å². The molecule has 1 atom stereocenters. The normalized spacial score (nSPS) is 11.9. The van der Waals surface area contributed by atoms with Gasteiger partial charge in [0.25, 0.3) is 0 Å². The van der Waals surface area contributed by atoms with Crippen LogP contribution < -0.4 is 5.73 Å². The van der Waals surface area contributed by atoms with Crippen molar-refractivity contribution in [2.75, 3.05) is 13.8 Å². The number of methoxy groups -OCH3 is 1. The predicted octanol–water partition coefficient (Wildman–Crippen LogP) is -0.355. The highest BCUT2D eigenvalue weighted by Gasteiger charge is 2.17. The molecule has 0 radical (unpaired) electrons. The standard InChI is InChI=1S/C7H13NO4/c1-5(3-6(9)11-2)7(10)12-4-8/h5H,3-4,8H2,1-2H3/t5-/m1/s1. The van der Waals surface area contributed by atoms with Crippen LogP contribution in [0.1, 0.15) is 13.3 Å². The average Bonchev–Trinajstić information content (AvgIpc) is 2.04. The molecule has 70 valence electrons. The molecule has 12 heavy (non-hydrogen) atoms. The van der Waals surface area contributed by atoms with Gasteiger partial charge in [0.05, 0.1) is 19.4 Å². The van der Waals surface area contributed by atoms with Gasteiger partial charge in [0, 0.05) is 0 Å². The van der Waals surface area contributed by atoms with Crippen LogP contribution in [-0.4, -0.2) is 25.8 Å². The van der Waals surface area contributed by atoms with Crippen molar-refractivity contribution >= 4 is 11.9 Å². The van der Waals surface area contributed by atoms with Crippen LogP contribution in [0.15, 0.2) is 0 Å². The third-order valence-corrected chi connectivity index (χ3v) is 1.33. The summed E-state index contributed by atoms with van der Waals surface area (Å²) in [5, 5.41) is 0. The molecule has 0 aromatic rings. The van der Waals surface area contributed by atoms with Crippen molar-refractivity contribution in [3.8, 4) is 0 Å². The lowest BCUT2D eigenvalue weighted by atomic mass is 10.1. The number of hydrogen-bond donors (Lipinski definition) is 1. The Balaban J connectivity index is 3.78. The summed E-state index contributed by atoms with van der Waals surface area (Å²) in [5.74, 6) is -1.42. The van der Waals surface area contributed by atoms with Gasteiger partial charge < -0.3 is 9.47 Å². The third kappa shape index (κ3) is 3.92. The first-order chi connectivity index (χ1) is 5.61. The molecule has 0 saturated carbocycles. The van der Waals surface area contributed by atoms with Gasteiger partial charge in [-0.2, -0.15) is 0 Å². The number of carbonyl (C=O) groups excluding carboxylic acids is 2. The van der Waals surface area contributed by atoms with E-state index in [1.54, 1.807) is 6.92 Å². The highest BCUT2D eigenvalue weighted by Crippen LogP contribution is 2.04. The quantitative estimate of drug-likeness (QED) is 0.466. The van der Waals surface area contributed by atoms with E-state index in [1.165, 1.54) is 7.11 Å². The highest BCUT2D eigenvalue weighted by atomic mass is 16.5. The second-order valence-corrected chi connectivity index (χ2v) is 2.31. The SMILES string of the molecule is COC(=O)C[C@@H](C)C(=O)OCN. The molecule has 0 bridgehead atoms. The number of nitrogens with two attached hydrogens (primary N) is 1. The molecule has 5 nitrogen and oxygen atoms in total. The van der Waals surface area contributed by atoms with Gasteiger partial charge in [-0.05, 0) is 0 Å². The fourth-order valence-electron chi connectivity index (χ4n) is 0.641. The van der Waals surface area contributed by atoms with Gasteiger partial charge in [0.2, 0.25) is 0 Å². The Morgan fingerprint density at radius 1 is 1.50 bits per heavy atom. The van der Waals surface area contributed by atoms with E-state index in [1.807, 2.05) is 0 Å². The molecular weight excluding hydrogens is 162 g/mol. The average molecular weight is 175 g/mol. The summed E-state index contributed by atoms with van der Waals surface area (Å²) < 4.78 is 8.85. The van der Waals surface area contributed by atoms with Gasteiger partial charge in [-0.1, -0.05) is 6.92 Å². The monoisotopic (exact) mass is 175 g/mol. The van der Waals surface area contributed by atoms with Crippen molar-refractivity contribution in [1.82, 2.24) is 0 Å². The molecule has 0 unspecified atom stereocenters. The fraction of sp³-hybridized carbons (Fsp3) is 0.714. The minimum atomic E-state index is -0.499. The Bertz CT molecular complexity index is 169. The lowest BCUT2D eigenvalue weighted by Crippen LogP contribution is -2.21.